The number of ketones is 1. The van der Waals surface area contributed by atoms with Crippen LogP contribution in [0.2, 0.25) is 0 Å². The zero-order chi connectivity index (χ0) is 10.7. The van der Waals surface area contributed by atoms with Crippen LogP contribution in [0.1, 0.15) is 36.2 Å². The van der Waals surface area contributed by atoms with E-state index in [-0.39, 0.29) is 5.78 Å². The van der Waals surface area contributed by atoms with E-state index in [1.54, 1.807) is 12.3 Å². The molecule has 1 aliphatic rings. The Morgan fingerprint density at radius 2 is 2.40 bits per heavy atom. The van der Waals surface area contributed by atoms with E-state index in [9.17, 15) is 4.79 Å². The molecular formula is C11H17N3O. The van der Waals surface area contributed by atoms with Crippen molar-refractivity contribution in [2.75, 3.05) is 6.54 Å². The van der Waals surface area contributed by atoms with Crippen LogP contribution in [0.4, 0.5) is 0 Å². The molecule has 0 aliphatic heterocycles. The van der Waals surface area contributed by atoms with E-state index in [1.165, 1.54) is 19.3 Å². The Labute approximate surface area is 89.5 Å². The Kier molecular flexibility index (Phi) is 3.16. The summed E-state index contributed by atoms with van der Waals surface area (Å²) in [5.74, 6) is 0.823. The molecule has 1 saturated carbocycles. The fourth-order valence-corrected chi connectivity index (χ4v) is 1.89. The highest BCUT2D eigenvalue weighted by Gasteiger charge is 2.20. The average Bonchev–Trinajstić information content (AvgIpc) is 2.59. The molecule has 2 rings (SSSR count). The number of carbonyl (C=O) groups is 1. The number of rotatable bonds is 5. The molecule has 0 unspecified atom stereocenters. The summed E-state index contributed by atoms with van der Waals surface area (Å²) >= 11 is 0. The van der Waals surface area contributed by atoms with E-state index in [2.05, 4.69) is 5.10 Å². The zero-order valence-corrected chi connectivity index (χ0v) is 8.85. The van der Waals surface area contributed by atoms with Crippen molar-refractivity contribution in [3.63, 3.8) is 0 Å². The Bertz CT molecular complexity index is 341. The van der Waals surface area contributed by atoms with Gasteiger partial charge < -0.3 is 5.73 Å². The summed E-state index contributed by atoms with van der Waals surface area (Å²) in [6, 6.07) is 1.79. The van der Waals surface area contributed by atoms with Crippen LogP contribution in [0.3, 0.4) is 0 Å². The lowest BCUT2D eigenvalue weighted by atomic mass is 9.85. The van der Waals surface area contributed by atoms with Gasteiger partial charge in [0.25, 0.3) is 0 Å². The van der Waals surface area contributed by atoms with Crippen LogP contribution in [0.15, 0.2) is 12.3 Å². The van der Waals surface area contributed by atoms with Crippen LogP contribution < -0.4 is 5.73 Å². The van der Waals surface area contributed by atoms with Crippen LogP contribution in [0.5, 0.6) is 0 Å². The fourth-order valence-electron chi connectivity index (χ4n) is 1.89. The van der Waals surface area contributed by atoms with Gasteiger partial charge in [0.1, 0.15) is 5.69 Å². The number of nitrogens with two attached hydrogens (primary N) is 1. The van der Waals surface area contributed by atoms with Crippen LogP contribution in [0, 0.1) is 5.92 Å². The largest absolute Gasteiger partial charge is 0.330 e. The number of hydrogen-bond acceptors (Lipinski definition) is 3. The summed E-state index contributed by atoms with van der Waals surface area (Å²) < 4.78 is 1.84. The second-order valence-electron chi connectivity index (χ2n) is 4.16. The molecule has 0 radical (unpaired) electrons. The molecule has 82 valence electrons. The molecule has 1 aliphatic carbocycles. The summed E-state index contributed by atoms with van der Waals surface area (Å²) in [6.45, 7) is 1.30. The minimum Gasteiger partial charge on any atom is -0.330 e. The molecule has 1 aromatic heterocycles. The van der Waals surface area contributed by atoms with E-state index in [1.807, 2.05) is 4.68 Å². The minimum atomic E-state index is 0.106. The normalized spacial score (nSPS) is 16.3. The zero-order valence-electron chi connectivity index (χ0n) is 8.85. The molecule has 4 heteroatoms. The molecule has 4 nitrogen and oxygen atoms in total. The second-order valence-corrected chi connectivity index (χ2v) is 4.16. The highest BCUT2D eigenvalue weighted by Crippen LogP contribution is 2.28. The van der Waals surface area contributed by atoms with Crippen molar-refractivity contribution >= 4 is 5.78 Å². The first-order valence-electron chi connectivity index (χ1n) is 5.56. The second kappa shape index (κ2) is 4.57. The predicted molar refractivity (Wildman–Crippen MR) is 57.6 cm³/mol. The summed E-state index contributed by atoms with van der Waals surface area (Å²) in [5.41, 5.74) is 6.09. The Balaban J connectivity index is 2.03. The lowest BCUT2D eigenvalue weighted by molar-refractivity contribution is 0.0972. The van der Waals surface area contributed by atoms with Crippen LogP contribution in [-0.4, -0.2) is 22.1 Å². The third-order valence-corrected chi connectivity index (χ3v) is 3.03. The van der Waals surface area contributed by atoms with Crippen molar-refractivity contribution in [1.82, 2.24) is 9.78 Å². The monoisotopic (exact) mass is 207 g/mol. The van der Waals surface area contributed by atoms with E-state index in [4.69, 9.17) is 5.73 Å². The molecule has 1 heterocycles. The van der Waals surface area contributed by atoms with Gasteiger partial charge in [0, 0.05) is 19.2 Å². The third kappa shape index (κ3) is 2.26. The van der Waals surface area contributed by atoms with Crippen molar-refractivity contribution in [1.29, 1.82) is 0 Å². The number of aromatic nitrogens is 2. The SMILES string of the molecule is NCCC(=O)c1ccnn1CC1CCC1. The van der Waals surface area contributed by atoms with Crippen molar-refractivity contribution < 1.29 is 4.79 Å². The van der Waals surface area contributed by atoms with Gasteiger partial charge in [-0.25, -0.2) is 0 Å². The third-order valence-electron chi connectivity index (χ3n) is 3.03. The van der Waals surface area contributed by atoms with Gasteiger partial charge in [-0.05, 0) is 31.4 Å². The Morgan fingerprint density at radius 3 is 3.00 bits per heavy atom. The van der Waals surface area contributed by atoms with Crippen molar-refractivity contribution in [3.05, 3.63) is 18.0 Å². The molecule has 0 amide bonds. The van der Waals surface area contributed by atoms with Gasteiger partial charge in [-0.15, -0.1) is 0 Å². The summed E-state index contributed by atoms with van der Waals surface area (Å²) in [7, 11) is 0. The molecule has 0 atom stereocenters. The lowest BCUT2D eigenvalue weighted by Gasteiger charge is -2.25. The molecule has 15 heavy (non-hydrogen) atoms. The molecule has 0 spiro atoms. The van der Waals surface area contributed by atoms with Crippen molar-refractivity contribution in [3.8, 4) is 0 Å². The Hall–Kier alpha value is -1.16. The topological polar surface area (TPSA) is 60.9 Å². The highest BCUT2D eigenvalue weighted by atomic mass is 16.1. The molecule has 2 N–H and O–H groups in total. The first kappa shape index (κ1) is 10.4. The maximum Gasteiger partial charge on any atom is 0.182 e. The number of carbonyl (C=O) groups excluding carboxylic acids is 1. The summed E-state index contributed by atoms with van der Waals surface area (Å²) in [5, 5.41) is 4.20. The first-order chi connectivity index (χ1) is 7.31. The van der Waals surface area contributed by atoms with Gasteiger partial charge in [0.05, 0.1) is 0 Å². The molecule has 0 aromatic carbocycles. The predicted octanol–water partition coefficient (Wildman–Crippen LogP) is 1.21. The number of Topliss-reactive ketones (excluding diaryl/α,β-unsaturated/α-hetero) is 1. The standard InChI is InChI=1S/C11H17N3O/c12-6-4-11(15)10-5-7-13-14(10)8-9-2-1-3-9/h5,7,9H,1-4,6,8,12H2. The van der Waals surface area contributed by atoms with Crippen LogP contribution in [-0.2, 0) is 6.54 Å². The quantitative estimate of drug-likeness (QED) is 0.738. The van der Waals surface area contributed by atoms with Crippen molar-refractivity contribution in [2.24, 2.45) is 11.7 Å². The van der Waals surface area contributed by atoms with Gasteiger partial charge in [-0.1, -0.05) is 6.42 Å². The number of nitrogens with zero attached hydrogens (tertiary/aromatic N) is 2. The van der Waals surface area contributed by atoms with Gasteiger partial charge in [0.2, 0.25) is 0 Å². The fraction of sp³-hybridized carbons (Fsp3) is 0.636. The molecule has 0 bridgehead atoms. The van der Waals surface area contributed by atoms with Gasteiger partial charge in [-0.3, -0.25) is 9.48 Å². The maximum atomic E-state index is 11.7. The van der Waals surface area contributed by atoms with E-state index < -0.39 is 0 Å². The number of hydrogen-bond donors (Lipinski definition) is 1. The van der Waals surface area contributed by atoms with Gasteiger partial charge >= 0.3 is 0 Å². The van der Waals surface area contributed by atoms with Crippen LogP contribution in [0.25, 0.3) is 0 Å². The molecule has 0 saturated heterocycles. The van der Waals surface area contributed by atoms with Crippen molar-refractivity contribution in [2.45, 2.75) is 32.2 Å². The maximum absolute atomic E-state index is 11.7. The van der Waals surface area contributed by atoms with E-state index in [0.717, 1.165) is 6.54 Å². The smallest absolute Gasteiger partial charge is 0.182 e. The first-order valence-corrected chi connectivity index (χ1v) is 5.56. The molecular weight excluding hydrogens is 190 g/mol. The van der Waals surface area contributed by atoms with Gasteiger partial charge in [0.15, 0.2) is 5.78 Å². The van der Waals surface area contributed by atoms with Gasteiger partial charge in [-0.2, -0.15) is 5.10 Å². The average molecular weight is 207 g/mol. The summed E-state index contributed by atoms with van der Waals surface area (Å²) in [4.78, 5) is 11.7. The highest BCUT2D eigenvalue weighted by molar-refractivity contribution is 5.94. The molecule has 1 fully saturated rings. The Morgan fingerprint density at radius 1 is 1.60 bits per heavy atom. The van der Waals surface area contributed by atoms with Crippen LogP contribution >= 0.6 is 0 Å². The lowest BCUT2D eigenvalue weighted by Crippen LogP contribution is -2.22. The van der Waals surface area contributed by atoms with E-state index >= 15 is 0 Å². The van der Waals surface area contributed by atoms with E-state index in [0.29, 0.717) is 24.6 Å². The molecule has 1 aromatic rings. The summed E-state index contributed by atoms with van der Waals surface area (Å²) in [6.07, 6.45) is 5.96. The minimum absolute atomic E-state index is 0.106.